The first-order chi connectivity index (χ1) is 16.6. The van der Waals surface area contributed by atoms with Crippen molar-refractivity contribution < 1.29 is 24.2 Å². The molecule has 8 nitrogen and oxygen atoms in total. The number of carbonyl (C=O) groups excluding carboxylic acids is 1. The average molecular weight is 520 g/mol. The number of hydrogen-bond acceptors (Lipinski definition) is 5. The summed E-state index contributed by atoms with van der Waals surface area (Å²) in [5.74, 6) is -0.856. The van der Waals surface area contributed by atoms with Crippen molar-refractivity contribution in [1.29, 1.82) is 0 Å². The second-order valence-electron chi connectivity index (χ2n) is 8.90. The second kappa shape index (κ2) is 10.1. The third-order valence-corrected chi connectivity index (χ3v) is 7.15. The standard InChI is InChI=1S/C25H27Cl2N3O5/c1-29(2)9-11-35-20-13-18-17(21(26)22(20)27)12-19(30(18)3)23(31)28-25(8-10-34-14-25)16-6-4-15(5-7-16)24(32)33/h4-7,12-13H,8-11,14H2,1-3H3,(H,28,31)(H,32,33). The number of ether oxygens (including phenoxy) is 2. The van der Waals surface area contributed by atoms with E-state index >= 15 is 0 Å². The van der Waals surface area contributed by atoms with Gasteiger partial charge < -0.3 is 29.4 Å². The van der Waals surface area contributed by atoms with Crippen LogP contribution in [0.15, 0.2) is 36.4 Å². The monoisotopic (exact) mass is 519 g/mol. The SMILES string of the molecule is CN(C)CCOc1cc2c(cc(C(=O)NC3(c4ccc(C(=O)O)cc4)CCOC3)n2C)c(Cl)c1Cl. The number of halogens is 2. The number of amides is 1. The van der Waals surface area contributed by atoms with Crippen molar-refractivity contribution in [3.63, 3.8) is 0 Å². The number of nitrogens with zero attached hydrogens (tertiary/aromatic N) is 2. The average Bonchev–Trinajstić information content (AvgIpc) is 3.42. The largest absolute Gasteiger partial charge is 0.491 e. The van der Waals surface area contributed by atoms with Gasteiger partial charge >= 0.3 is 5.97 Å². The molecular weight excluding hydrogens is 493 g/mol. The first-order valence-electron chi connectivity index (χ1n) is 11.1. The lowest BCUT2D eigenvalue weighted by atomic mass is 9.88. The van der Waals surface area contributed by atoms with E-state index in [1.54, 1.807) is 35.9 Å². The molecule has 35 heavy (non-hydrogen) atoms. The topological polar surface area (TPSA) is 93.0 Å². The first-order valence-corrected chi connectivity index (χ1v) is 11.9. The number of rotatable bonds is 8. The molecule has 2 heterocycles. The molecule has 1 unspecified atom stereocenters. The molecule has 0 bridgehead atoms. The maximum Gasteiger partial charge on any atom is 0.335 e. The summed E-state index contributed by atoms with van der Waals surface area (Å²) in [5.41, 5.74) is 1.30. The molecule has 4 rings (SSSR count). The quantitative estimate of drug-likeness (QED) is 0.463. The van der Waals surface area contributed by atoms with E-state index in [0.717, 1.165) is 5.56 Å². The molecule has 10 heteroatoms. The number of aryl methyl sites for hydroxylation is 1. The summed E-state index contributed by atoms with van der Waals surface area (Å²) in [6, 6.07) is 9.98. The lowest BCUT2D eigenvalue weighted by molar-refractivity contribution is 0.0696. The van der Waals surface area contributed by atoms with Crippen LogP contribution in [0.1, 0.15) is 32.8 Å². The molecule has 3 aromatic rings. The lowest BCUT2D eigenvalue weighted by Gasteiger charge is -2.29. The number of fused-ring (bicyclic) bond motifs is 1. The first kappa shape index (κ1) is 25.3. The highest BCUT2D eigenvalue weighted by molar-refractivity contribution is 6.46. The van der Waals surface area contributed by atoms with Crippen LogP contribution in [0.5, 0.6) is 5.75 Å². The third kappa shape index (κ3) is 4.97. The Bertz CT molecular complexity index is 1260. The van der Waals surface area contributed by atoms with Gasteiger partial charge in [-0.25, -0.2) is 4.79 Å². The number of carboxylic acid groups (broad SMARTS) is 1. The van der Waals surface area contributed by atoms with Crippen molar-refractivity contribution in [2.45, 2.75) is 12.0 Å². The number of benzene rings is 2. The summed E-state index contributed by atoms with van der Waals surface area (Å²) in [7, 11) is 5.68. The van der Waals surface area contributed by atoms with E-state index in [9.17, 15) is 14.7 Å². The number of carboxylic acids is 1. The van der Waals surface area contributed by atoms with Crippen LogP contribution < -0.4 is 10.1 Å². The van der Waals surface area contributed by atoms with E-state index in [0.29, 0.717) is 58.6 Å². The maximum atomic E-state index is 13.5. The van der Waals surface area contributed by atoms with Crippen molar-refractivity contribution in [1.82, 2.24) is 14.8 Å². The summed E-state index contributed by atoms with van der Waals surface area (Å²) >= 11 is 13.0. The fourth-order valence-corrected chi connectivity index (χ4v) is 4.68. The molecule has 1 saturated heterocycles. The minimum absolute atomic E-state index is 0.179. The van der Waals surface area contributed by atoms with Gasteiger partial charge in [0.25, 0.3) is 5.91 Å². The van der Waals surface area contributed by atoms with E-state index in [4.69, 9.17) is 32.7 Å². The molecule has 1 amide bonds. The van der Waals surface area contributed by atoms with Crippen LogP contribution in [0.2, 0.25) is 10.0 Å². The van der Waals surface area contributed by atoms with Gasteiger partial charge in [-0.2, -0.15) is 0 Å². The van der Waals surface area contributed by atoms with Crippen LogP contribution in [-0.2, 0) is 17.3 Å². The summed E-state index contributed by atoms with van der Waals surface area (Å²) < 4.78 is 13.2. The van der Waals surface area contributed by atoms with Gasteiger partial charge in [0, 0.05) is 38.1 Å². The van der Waals surface area contributed by atoms with E-state index in [1.165, 1.54) is 12.1 Å². The minimum atomic E-state index is -1.01. The maximum absolute atomic E-state index is 13.5. The van der Waals surface area contributed by atoms with Gasteiger partial charge in [-0.1, -0.05) is 35.3 Å². The summed E-state index contributed by atoms with van der Waals surface area (Å²) in [6.45, 7) is 1.91. The predicted octanol–water partition coefficient (Wildman–Crippen LogP) is 4.17. The minimum Gasteiger partial charge on any atom is -0.491 e. The van der Waals surface area contributed by atoms with Crippen LogP contribution in [0.25, 0.3) is 10.9 Å². The number of nitrogens with one attached hydrogen (secondary N) is 1. The molecule has 1 aliphatic rings. The van der Waals surface area contributed by atoms with Gasteiger partial charge in [-0.15, -0.1) is 0 Å². The van der Waals surface area contributed by atoms with Crippen molar-refractivity contribution in [2.75, 3.05) is 40.5 Å². The van der Waals surface area contributed by atoms with Crippen molar-refractivity contribution >= 4 is 46.0 Å². The number of carbonyl (C=O) groups is 2. The van der Waals surface area contributed by atoms with Gasteiger partial charge in [0.2, 0.25) is 0 Å². The van der Waals surface area contributed by atoms with Crippen LogP contribution in [0.4, 0.5) is 0 Å². The van der Waals surface area contributed by atoms with E-state index in [1.807, 2.05) is 19.0 Å². The molecule has 0 spiro atoms. The van der Waals surface area contributed by atoms with E-state index in [2.05, 4.69) is 5.32 Å². The molecule has 1 aliphatic heterocycles. The smallest absolute Gasteiger partial charge is 0.335 e. The van der Waals surface area contributed by atoms with Crippen molar-refractivity contribution in [3.05, 3.63) is 63.3 Å². The van der Waals surface area contributed by atoms with Gasteiger partial charge in [0.05, 0.1) is 28.2 Å². The van der Waals surface area contributed by atoms with Gasteiger partial charge in [-0.05, 0) is 37.9 Å². The normalized spacial score (nSPS) is 17.8. The van der Waals surface area contributed by atoms with Crippen molar-refractivity contribution in [3.8, 4) is 5.75 Å². The Morgan fingerprint density at radius 3 is 2.51 bits per heavy atom. The summed E-state index contributed by atoms with van der Waals surface area (Å²) in [6.07, 6.45) is 0.561. The van der Waals surface area contributed by atoms with Crippen LogP contribution >= 0.6 is 23.2 Å². The number of likely N-dealkylation sites (N-methyl/N-ethyl adjacent to an activating group) is 1. The molecule has 2 N–H and O–H groups in total. The Labute approximate surface area is 213 Å². The highest BCUT2D eigenvalue weighted by atomic mass is 35.5. The Morgan fingerprint density at radius 1 is 1.20 bits per heavy atom. The van der Waals surface area contributed by atoms with E-state index in [-0.39, 0.29) is 18.1 Å². The molecule has 0 aliphatic carbocycles. The van der Waals surface area contributed by atoms with E-state index < -0.39 is 11.5 Å². The summed E-state index contributed by atoms with van der Waals surface area (Å²) in [4.78, 5) is 26.7. The lowest BCUT2D eigenvalue weighted by Crippen LogP contribution is -2.47. The highest BCUT2D eigenvalue weighted by Gasteiger charge is 2.39. The fourth-order valence-electron chi connectivity index (χ4n) is 4.22. The predicted molar refractivity (Wildman–Crippen MR) is 135 cm³/mol. The number of hydrogen-bond donors (Lipinski definition) is 2. The van der Waals surface area contributed by atoms with Gasteiger partial charge in [0.1, 0.15) is 23.1 Å². The van der Waals surface area contributed by atoms with Crippen LogP contribution in [-0.4, -0.2) is 66.9 Å². The molecule has 1 aromatic heterocycles. The van der Waals surface area contributed by atoms with Crippen molar-refractivity contribution in [2.24, 2.45) is 7.05 Å². The second-order valence-corrected chi connectivity index (χ2v) is 9.65. The highest BCUT2D eigenvalue weighted by Crippen LogP contribution is 2.40. The zero-order valence-corrected chi connectivity index (χ0v) is 21.2. The Kier molecular flexibility index (Phi) is 7.28. The Hall–Kier alpha value is -2.78. The molecule has 1 atom stereocenters. The fraction of sp³-hybridized carbons (Fsp3) is 0.360. The molecule has 186 valence electrons. The third-order valence-electron chi connectivity index (χ3n) is 6.28. The summed E-state index contributed by atoms with van der Waals surface area (Å²) in [5, 5.41) is 13.6. The number of aromatic carboxylic acids is 1. The molecular formula is C25H27Cl2N3O5. The zero-order valence-electron chi connectivity index (χ0n) is 19.7. The van der Waals surface area contributed by atoms with Crippen LogP contribution in [0.3, 0.4) is 0 Å². The molecule has 2 aromatic carbocycles. The van der Waals surface area contributed by atoms with Gasteiger partial charge in [0.15, 0.2) is 0 Å². The van der Waals surface area contributed by atoms with Crippen LogP contribution in [0, 0.1) is 0 Å². The number of aromatic nitrogens is 1. The Balaban J connectivity index is 1.65. The molecule has 1 fully saturated rings. The van der Waals surface area contributed by atoms with Gasteiger partial charge in [-0.3, -0.25) is 4.79 Å². The molecule has 0 saturated carbocycles. The Morgan fingerprint density at radius 2 is 1.91 bits per heavy atom. The molecule has 0 radical (unpaired) electrons. The zero-order chi connectivity index (χ0) is 25.3.